The lowest BCUT2D eigenvalue weighted by Gasteiger charge is -2.40. The number of benzene rings is 1. The van der Waals surface area contributed by atoms with E-state index >= 15 is 0 Å². The molecule has 3 heteroatoms. The average Bonchev–Trinajstić information content (AvgIpc) is 2.95. The molecule has 1 aliphatic heterocycles. The largest absolute Gasteiger partial charge is 0.493 e. The van der Waals surface area contributed by atoms with Crippen LogP contribution in [0.25, 0.3) is 0 Å². The standard InChI is InChI=1S/C19H29NO2/c1-3-5-12-21-15-8-9-16-17(20-4-2)14-19(10-6-7-11-19)22-18(16)13-15/h8-9,13,17,20H,3-7,10-12,14H2,1-2H3. The molecule has 1 aliphatic carbocycles. The molecule has 122 valence electrons. The van der Waals surface area contributed by atoms with Gasteiger partial charge in [0.05, 0.1) is 6.61 Å². The maximum Gasteiger partial charge on any atom is 0.128 e. The van der Waals surface area contributed by atoms with Crippen molar-refractivity contribution in [2.75, 3.05) is 13.2 Å². The Morgan fingerprint density at radius 1 is 1.27 bits per heavy atom. The Labute approximate surface area is 134 Å². The fourth-order valence-electron chi connectivity index (χ4n) is 3.83. The highest BCUT2D eigenvalue weighted by atomic mass is 16.5. The predicted octanol–water partition coefficient (Wildman–Crippen LogP) is 4.61. The van der Waals surface area contributed by atoms with Crippen LogP contribution in [0.1, 0.15) is 70.4 Å². The number of nitrogens with one attached hydrogen (secondary N) is 1. The molecule has 2 aliphatic rings. The van der Waals surface area contributed by atoms with Gasteiger partial charge in [-0.15, -0.1) is 0 Å². The first-order chi connectivity index (χ1) is 10.8. The molecule has 0 saturated heterocycles. The zero-order valence-corrected chi connectivity index (χ0v) is 14.0. The van der Waals surface area contributed by atoms with Crippen molar-refractivity contribution in [3.63, 3.8) is 0 Å². The van der Waals surface area contributed by atoms with E-state index in [0.717, 1.165) is 43.9 Å². The molecule has 1 unspecified atom stereocenters. The highest BCUT2D eigenvalue weighted by molar-refractivity contribution is 5.44. The molecule has 1 aromatic carbocycles. The fourth-order valence-corrected chi connectivity index (χ4v) is 3.83. The van der Waals surface area contributed by atoms with Crippen LogP contribution >= 0.6 is 0 Å². The summed E-state index contributed by atoms with van der Waals surface area (Å²) in [6.45, 7) is 6.15. The van der Waals surface area contributed by atoms with E-state index < -0.39 is 0 Å². The zero-order valence-electron chi connectivity index (χ0n) is 14.0. The molecule has 1 atom stereocenters. The molecule has 1 aromatic rings. The van der Waals surface area contributed by atoms with Crippen LogP contribution in [-0.2, 0) is 0 Å². The molecule has 22 heavy (non-hydrogen) atoms. The van der Waals surface area contributed by atoms with E-state index in [0.29, 0.717) is 6.04 Å². The van der Waals surface area contributed by atoms with E-state index in [4.69, 9.17) is 9.47 Å². The van der Waals surface area contributed by atoms with Crippen LogP contribution in [0, 0.1) is 0 Å². The first-order valence-corrected chi connectivity index (χ1v) is 8.95. The van der Waals surface area contributed by atoms with Crippen molar-refractivity contribution >= 4 is 0 Å². The lowest BCUT2D eigenvalue weighted by molar-refractivity contribution is 0.0367. The summed E-state index contributed by atoms with van der Waals surface area (Å²) in [6.07, 6.45) is 8.32. The summed E-state index contributed by atoms with van der Waals surface area (Å²) >= 11 is 0. The van der Waals surface area contributed by atoms with E-state index in [1.54, 1.807) is 0 Å². The van der Waals surface area contributed by atoms with Gasteiger partial charge in [-0.2, -0.15) is 0 Å². The zero-order chi connectivity index (χ0) is 15.4. The summed E-state index contributed by atoms with van der Waals surface area (Å²) in [4.78, 5) is 0. The van der Waals surface area contributed by atoms with Gasteiger partial charge in [0.2, 0.25) is 0 Å². The van der Waals surface area contributed by atoms with Gasteiger partial charge < -0.3 is 14.8 Å². The topological polar surface area (TPSA) is 30.5 Å². The van der Waals surface area contributed by atoms with Crippen LogP contribution in [0.4, 0.5) is 0 Å². The molecule has 1 fully saturated rings. The molecule has 3 nitrogen and oxygen atoms in total. The van der Waals surface area contributed by atoms with Crippen molar-refractivity contribution < 1.29 is 9.47 Å². The van der Waals surface area contributed by atoms with E-state index in [1.165, 1.54) is 31.2 Å². The summed E-state index contributed by atoms with van der Waals surface area (Å²) in [6, 6.07) is 6.80. The van der Waals surface area contributed by atoms with Crippen molar-refractivity contribution in [2.45, 2.75) is 70.4 Å². The molecule has 1 N–H and O–H groups in total. The van der Waals surface area contributed by atoms with Gasteiger partial charge in [0.25, 0.3) is 0 Å². The van der Waals surface area contributed by atoms with Crippen molar-refractivity contribution in [2.24, 2.45) is 0 Å². The summed E-state index contributed by atoms with van der Waals surface area (Å²) in [5.74, 6) is 1.98. The summed E-state index contributed by atoms with van der Waals surface area (Å²) in [5, 5.41) is 3.64. The molecule has 0 radical (unpaired) electrons. The number of unbranched alkanes of at least 4 members (excludes halogenated alkanes) is 1. The summed E-state index contributed by atoms with van der Waals surface area (Å²) < 4.78 is 12.3. The fraction of sp³-hybridized carbons (Fsp3) is 0.684. The monoisotopic (exact) mass is 303 g/mol. The Morgan fingerprint density at radius 2 is 2.09 bits per heavy atom. The van der Waals surface area contributed by atoms with Crippen LogP contribution in [0.15, 0.2) is 18.2 Å². The minimum absolute atomic E-state index is 0.0574. The molecule has 0 aromatic heterocycles. The molecule has 3 rings (SSSR count). The number of hydrogen-bond acceptors (Lipinski definition) is 3. The molecular weight excluding hydrogens is 274 g/mol. The van der Waals surface area contributed by atoms with Crippen LogP contribution in [0.3, 0.4) is 0 Å². The van der Waals surface area contributed by atoms with Crippen molar-refractivity contribution in [3.8, 4) is 11.5 Å². The molecule has 1 heterocycles. The van der Waals surface area contributed by atoms with Gasteiger partial charge in [0, 0.05) is 24.1 Å². The van der Waals surface area contributed by atoms with Gasteiger partial charge >= 0.3 is 0 Å². The molecule has 0 amide bonds. The van der Waals surface area contributed by atoms with Crippen molar-refractivity contribution in [1.82, 2.24) is 5.32 Å². The summed E-state index contributed by atoms with van der Waals surface area (Å²) in [5.41, 5.74) is 1.35. The quantitative estimate of drug-likeness (QED) is 0.778. The van der Waals surface area contributed by atoms with E-state index in [2.05, 4.69) is 37.4 Å². The maximum atomic E-state index is 6.48. The number of rotatable bonds is 6. The number of hydrogen-bond donors (Lipinski definition) is 1. The Hall–Kier alpha value is -1.22. The predicted molar refractivity (Wildman–Crippen MR) is 89.7 cm³/mol. The normalized spacial score (nSPS) is 22.4. The van der Waals surface area contributed by atoms with Crippen LogP contribution in [0.2, 0.25) is 0 Å². The van der Waals surface area contributed by atoms with Crippen LogP contribution in [-0.4, -0.2) is 18.8 Å². The Kier molecular flexibility index (Phi) is 4.92. The third-order valence-electron chi connectivity index (χ3n) is 4.99. The minimum Gasteiger partial charge on any atom is -0.493 e. The molecular formula is C19H29NO2. The van der Waals surface area contributed by atoms with E-state index in [-0.39, 0.29) is 5.60 Å². The lowest BCUT2D eigenvalue weighted by Crippen LogP contribution is -2.42. The number of fused-ring (bicyclic) bond motifs is 1. The van der Waals surface area contributed by atoms with Gasteiger partial charge in [-0.05, 0) is 44.7 Å². The second-order valence-corrected chi connectivity index (χ2v) is 6.71. The summed E-state index contributed by atoms with van der Waals surface area (Å²) in [7, 11) is 0. The molecule has 1 spiro atoms. The Balaban J connectivity index is 1.82. The third-order valence-corrected chi connectivity index (χ3v) is 4.99. The SMILES string of the molecule is CCCCOc1ccc2c(c1)OC1(CCCC1)CC2NCC. The third kappa shape index (κ3) is 3.24. The van der Waals surface area contributed by atoms with E-state index in [1.807, 2.05) is 0 Å². The highest BCUT2D eigenvalue weighted by Gasteiger charge is 2.42. The van der Waals surface area contributed by atoms with Gasteiger partial charge in [-0.25, -0.2) is 0 Å². The van der Waals surface area contributed by atoms with Crippen LogP contribution in [0.5, 0.6) is 11.5 Å². The van der Waals surface area contributed by atoms with Gasteiger partial charge in [0.15, 0.2) is 0 Å². The Morgan fingerprint density at radius 3 is 2.82 bits per heavy atom. The average molecular weight is 303 g/mol. The van der Waals surface area contributed by atoms with Gasteiger partial charge in [-0.1, -0.05) is 26.3 Å². The van der Waals surface area contributed by atoms with Gasteiger partial charge in [0.1, 0.15) is 17.1 Å². The molecule has 0 bridgehead atoms. The number of ether oxygens (including phenoxy) is 2. The first kappa shape index (κ1) is 15.7. The Bertz CT molecular complexity index is 494. The second kappa shape index (κ2) is 6.91. The van der Waals surface area contributed by atoms with E-state index in [9.17, 15) is 0 Å². The maximum absolute atomic E-state index is 6.48. The lowest BCUT2D eigenvalue weighted by atomic mass is 9.86. The first-order valence-electron chi connectivity index (χ1n) is 8.95. The molecule has 1 saturated carbocycles. The second-order valence-electron chi connectivity index (χ2n) is 6.71. The van der Waals surface area contributed by atoms with Crippen molar-refractivity contribution in [1.29, 1.82) is 0 Å². The van der Waals surface area contributed by atoms with Gasteiger partial charge in [-0.3, -0.25) is 0 Å². The highest BCUT2D eigenvalue weighted by Crippen LogP contribution is 2.47. The minimum atomic E-state index is 0.0574. The smallest absolute Gasteiger partial charge is 0.128 e. The van der Waals surface area contributed by atoms with Crippen molar-refractivity contribution in [3.05, 3.63) is 23.8 Å². The van der Waals surface area contributed by atoms with Crippen LogP contribution < -0.4 is 14.8 Å².